The fraction of sp³-hybridized carbons (Fsp3) is 0.200. The Hall–Kier alpha value is -5.09. The topological polar surface area (TPSA) is 98.6 Å². The molecule has 3 heterocycles. The largest absolute Gasteiger partial charge is 0.497 e. The lowest BCUT2D eigenvalue weighted by Crippen LogP contribution is -2.42. The van der Waals surface area contributed by atoms with Gasteiger partial charge in [0, 0.05) is 35.6 Å². The zero-order valence-corrected chi connectivity index (χ0v) is 26.1. The van der Waals surface area contributed by atoms with Crippen molar-refractivity contribution in [3.05, 3.63) is 120 Å². The number of rotatable bonds is 9. The second-order valence-corrected chi connectivity index (χ2v) is 11.7. The minimum absolute atomic E-state index is 0.137. The van der Waals surface area contributed by atoms with Crippen LogP contribution in [-0.4, -0.2) is 53.1 Å². The predicted octanol–water partition coefficient (Wildman–Crippen LogP) is 5.75. The van der Waals surface area contributed by atoms with Gasteiger partial charge in [-0.25, -0.2) is 4.68 Å². The summed E-state index contributed by atoms with van der Waals surface area (Å²) in [5, 5.41) is 7.76. The molecule has 2 aromatic heterocycles. The first-order chi connectivity index (χ1) is 22.0. The Morgan fingerprint density at radius 2 is 1.84 bits per heavy atom. The smallest absolute Gasteiger partial charge is 0.240 e. The highest BCUT2D eigenvalue weighted by Gasteiger charge is 2.38. The number of hydrogen-bond acceptors (Lipinski definition) is 7. The average molecular weight is 620 g/mol. The Balaban J connectivity index is 1.56. The van der Waals surface area contributed by atoms with Crippen molar-refractivity contribution in [3.8, 4) is 28.4 Å². The Kier molecular flexibility index (Phi) is 8.84. The van der Waals surface area contributed by atoms with Crippen molar-refractivity contribution in [2.75, 3.05) is 31.4 Å². The van der Waals surface area contributed by atoms with E-state index >= 15 is 0 Å². The molecule has 228 valence electrons. The van der Waals surface area contributed by atoms with Gasteiger partial charge in [0.2, 0.25) is 11.8 Å². The summed E-state index contributed by atoms with van der Waals surface area (Å²) in [7, 11) is 3.25. The first-order valence-corrected chi connectivity index (χ1v) is 15.6. The lowest BCUT2D eigenvalue weighted by molar-refractivity contribution is -0.123. The molecule has 5 aromatic rings. The molecule has 10 heteroatoms. The fourth-order valence-electron chi connectivity index (χ4n) is 5.46. The monoisotopic (exact) mass is 619 g/mol. The lowest BCUT2D eigenvalue weighted by Gasteiger charge is -2.24. The van der Waals surface area contributed by atoms with Gasteiger partial charge < -0.3 is 14.8 Å². The van der Waals surface area contributed by atoms with Crippen LogP contribution < -0.4 is 19.7 Å². The molecular formula is C35H33N5O4S. The highest BCUT2D eigenvalue weighted by Crippen LogP contribution is 2.51. The first kappa shape index (κ1) is 30.0. The van der Waals surface area contributed by atoms with Crippen LogP contribution in [0.3, 0.4) is 0 Å². The third-order valence-electron chi connectivity index (χ3n) is 7.62. The first-order valence-electron chi connectivity index (χ1n) is 14.5. The number of methoxy groups -OCH3 is 2. The van der Waals surface area contributed by atoms with Crippen LogP contribution in [0.1, 0.15) is 27.5 Å². The minimum atomic E-state index is -0.369. The summed E-state index contributed by atoms with van der Waals surface area (Å²) >= 11 is 1.48. The quantitative estimate of drug-likeness (QED) is 0.225. The van der Waals surface area contributed by atoms with Crippen LogP contribution in [0.2, 0.25) is 0 Å². The zero-order valence-electron chi connectivity index (χ0n) is 25.3. The summed E-state index contributed by atoms with van der Waals surface area (Å²) < 4.78 is 13.2. The molecule has 0 radical (unpaired) electrons. The van der Waals surface area contributed by atoms with Gasteiger partial charge in [-0.2, -0.15) is 5.10 Å². The molecule has 1 N–H and O–H groups in total. The number of hydrogen-bond donors (Lipinski definition) is 1. The molecule has 6 rings (SSSR count). The molecule has 0 bridgehead atoms. The zero-order chi connectivity index (χ0) is 31.3. The highest BCUT2D eigenvalue weighted by atomic mass is 32.2. The second-order valence-electron chi connectivity index (χ2n) is 10.6. The predicted molar refractivity (Wildman–Crippen MR) is 176 cm³/mol. The molecule has 45 heavy (non-hydrogen) atoms. The Bertz CT molecular complexity index is 1830. The maximum Gasteiger partial charge on any atom is 0.240 e. The molecule has 2 amide bonds. The molecular weight excluding hydrogens is 586 g/mol. The van der Waals surface area contributed by atoms with Crippen molar-refractivity contribution in [3.63, 3.8) is 0 Å². The van der Waals surface area contributed by atoms with Crippen LogP contribution in [-0.2, 0) is 16.1 Å². The Labute approximate surface area is 266 Å². The van der Waals surface area contributed by atoms with Crippen LogP contribution in [0, 0.1) is 6.92 Å². The van der Waals surface area contributed by atoms with E-state index < -0.39 is 0 Å². The third kappa shape index (κ3) is 6.28. The normalized spacial score (nSPS) is 14.4. The van der Waals surface area contributed by atoms with Gasteiger partial charge in [-0.1, -0.05) is 48.5 Å². The van der Waals surface area contributed by atoms with E-state index in [0.717, 1.165) is 33.5 Å². The van der Waals surface area contributed by atoms with E-state index in [1.165, 1.54) is 11.8 Å². The number of aryl methyl sites for hydroxylation is 1. The summed E-state index contributed by atoms with van der Waals surface area (Å²) in [6, 6.07) is 27.2. The molecule has 1 unspecified atom stereocenters. The number of thioether (sulfide) groups is 1. The summed E-state index contributed by atoms with van der Waals surface area (Å²) in [6.45, 7) is 2.13. The van der Waals surface area contributed by atoms with Crippen molar-refractivity contribution in [1.82, 2.24) is 20.1 Å². The molecule has 1 aliphatic rings. The van der Waals surface area contributed by atoms with Gasteiger partial charge >= 0.3 is 0 Å². The number of carbonyl (C=O) groups excluding carboxylic acids is 2. The van der Waals surface area contributed by atoms with E-state index in [4.69, 9.17) is 14.6 Å². The van der Waals surface area contributed by atoms with Crippen molar-refractivity contribution in [1.29, 1.82) is 0 Å². The van der Waals surface area contributed by atoms with Gasteiger partial charge in [0.05, 0.1) is 36.6 Å². The molecule has 0 fully saturated rings. The highest BCUT2D eigenvalue weighted by molar-refractivity contribution is 8.00. The Morgan fingerprint density at radius 1 is 1.00 bits per heavy atom. The van der Waals surface area contributed by atoms with Crippen molar-refractivity contribution in [2.45, 2.75) is 18.7 Å². The summed E-state index contributed by atoms with van der Waals surface area (Å²) in [6.07, 6.45) is 3.39. The number of benzene rings is 3. The van der Waals surface area contributed by atoms with E-state index in [9.17, 15) is 9.59 Å². The number of nitrogens with one attached hydrogen (secondary N) is 1. The summed E-state index contributed by atoms with van der Waals surface area (Å²) in [4.78, 5) is 33.2. The van der Waals surface area contributed by atoms with Crippen molar-refractivity contribution >= 4 is 29.4 Å². The minimum Gasteiger partial charge on any atom is -0.497 e. The SMILES string of the molecule is COc1ccc(OC)c(C2SCC(=O)N(CC(=O)NCc3cccnc3)c3c2c(-c2ccccc2)nn3-c2cccc(C)c2)c1. The number of ether oxygens (including phenoxy) is 2. The number of fused-ring (bicyclic) bond motifs is 1. The number of nitrogens with zero attached hydrogens (tertiary/aromatic N) is 4. The van der Waals surface area contributed by atoms with Crippen LogP contribution in [0.15, 0.2) is 97.3 Å². The Morgan fingerprint density at radius 3 is 2.58 bits per heavy atom. The van der Waals surface area contributed by atoms with Crippen LogP contribution in [0.25, 0.3) is 16.9 Å². The fourth-order valence-corrected chi connectivity index (χ4v) is 6.67. The van der Waals surface area contributed by atoms with E-state index in [2.05, 4.69) is 10.3 Å². The molecule has 0 saturated heterocycles. The summed E-state index contributed by atoms with van der Waals surface area (Å²) in [5.74, 6) is 1.52. The van der Waals surface area contributed by atoms with E-state index in [-0.39, 0.29) is 29.4 Å². The maximum atomic E-state index is 14.1. The third-order valence-corrected chi connectivity index (χ3v) is 8.85. The van der Waals surface area contributed by atoms with Crippen LogP contribution >= 0.6 is 11.8 Å². The lowest BCUT2D eigenvalue weighted by atomic mass is 9.98. The van der Waals surface area contributed by atoms with E-state index in [1.807, 2.05) is 91.9 Å². The molecule has 0 saturated carbocycles. The number of pyridine rings is 1. The number of amides is 2. The number of anilines is 1. The van der Waals surface area contributed by atoms with E-state index in [0.29, 0.717) is 29.6 Å². The molecule has 1 aliphatic heterocycles. The number of carbonyl (C=O) groups is 2. The van der Waals surface area contributed by atoms with Crippen LogP contribution in [0.4, 0.5) is 5.82 Å². The van der Waals surface area contributed by atoms with Crippen molar-refractivity contribution < 1.29 is 19.1 Å². The average Bonchev–Trinajstić information content (AvgIpc) is 3.41. The van der Waals surface area contributed by atoms with Gasteiger partial charge in [-0.3, -0.25) is 19.5 Å². The molecule has 0 aliphatic carbocycles. The van der Waals surface area contributed by atoms with Gasteiger partial charge in [0.25, 0.3) is 0 Å². The van der Waals surface area contributed by atoms with Gasteiger partial charge in [-0.05, 0) is 54.4 Å². The van der Waals surface area contributed by atoms with Gasteiger partial charge in [-0.15, -0.1) is 11.8 Å². The maximum absolute atomic E-state index is 14.1. The van der Waals surface area contributed by atoms with E-state index in [1.54, 1.807) is 36.2 Å². The van der Waals surface area contributed by atoms with Crippen molar-refractivity contribution in [2.24, 2.45) is 0 Å². The second kappa shape index (κ2) is 13.3. The van der Waals surface area contributed by atoms with Crippen LogP contribution in [0.5, 0.6) is 11.5 Å². The van der Waals surface area contributed by atoms with Gasteiger partial charge in [0.15, 0.2) is 0 Å². The van der Waals surface area contributed by atoms with Gasteiger partial charge in [0.1, 0.15) is 23.9 Å². The standard InChI is InChI=1S/C35H33N5O4S/c1-23-9-7-13-26(17-23)40-35-32(33(38-40)25-11-5-4-6-12-25)34(28-18-27(43-2)14-15-29(28)44-3)45-22-31(42)39(35)21-30(41)37-20-24-10-8-16-36-19-24/h4-19,34H,20-22H2,1-3H3,(H,37,41). The number of aromatic nitrogens is 3. The molecule has 9 nitrogen and oxygen atoms in total. The summed E-state index contributed by atoms with van der Waals surface area (Å²) in [5.41, 5.74) is 5.95. The molecule has 1 atom stereocenters. The molecule has 3 aromatic carbocycles. The molecule has 0 spiro atoms.